The highest BCUT2D eigenvalue weighted by Crippen LogP contribution is 2.26. The maximum atomic E-state index is 12.7. The van der Waals surface area contributed by atoms with Gasteiger partial charge in [-0.1, -0.05) is 20.8 Å². The molecular formula is C20H23F3N6O. The molecule has 30 heavy (non-hydrogen) atoms. The lowest BCUT2D eigenvalue weighted by Gasteiger charge is -2.17. The summed E-state index contributed by atoms with van der Waals surface area (Å²) in [5.41, 5.74) is 2.87. The third-order valence-corrected chi connectivity index (χ3v) is 4.35. The van der Waals surface area contributed by atoms with E-state index in [4.69, 9.17) is 0 Å². The highest BCUT2D eigenvalue weighted by Gasteiger charge is 2.34. The molecular weight excluding hydrogens is 397 g/mol. The van der Waals surface area contributed by atoms with Gasteiger partial charge in [-0.2, -0.15) is 13.2 Å². The van der Waals surface area contributed by atoms with Gasteiger partial charge in [0.15, 0.2) is 11.5 Å². The lowest BCUT2D eigenvalue weighted by atomic mass is 9.92. The number of hydrogen-bond acceptors (Lipinski definition) is 5. The average molecular weight is 420 g/mol. The zero-order chi connectivity index (χ0) is 22.3. The fourth-order valence-corrected chi connectivity index (χ4v) is 3.00. The van der Waals surface area contributed by atoms with E-state index in [0.29, 0.717) is 34.7 Å². The number of anilines is 1. The van der Waals surface area contributed by atoms with Crippen molar-refractivity contribution in [1.29, 1.82) is 0 Å². The van der Waals surface area contributed by atoms with Crippen LogP contribution in [-0.4, -0.2) is 30.4 Å². The molecule has 0 aromatic carbocycles. The van der Waals surface area contributed by atoms with Crippen LogP contribution < -0.4 is 5.32 Å². The Bertz CT molecular complexity index is 1080. The molecule has 0 aliphatic rings. The Kier molecular flexibility index (Phi) is 5.53. The van der Waals surface area contributed by atoms with Crippen LogP contribution in [0.3, 0.4) is 0 Å². The molecule has 0 aliphatic carbocycles. The number of rotatable bonds is 4. The van der Waals surface area contributed by atoms with E-state index in [-0.39, 0.29) is 17.9 Å². The zero-order valence-electron chi connectivity index (χ0n) is 17.4. The van der Waals surface area contributed by atoms with Crippen molar-refractivity contribution >= 4 is 22.9 Å². The van der Waals surface area contributed by atoms with Gasteiger partial charge in [0.05, 0.1) is 12.2 Å². The van der Waals surface area contributed by atoms with Crippen LogP contribution in [0.1, 0.15) is 50.0 Å². The summed E-state index contributed by atoms with van der Waals surface area (Å²) in [6.45, 7) is 9.76. The van der Waals surface area contributed by atoms with Crippen molar-refractivity contribution in [2.75, 3.05) is 5.32 Å². The first-order valence-corrected chi connectivity index (χ1v) is 9.36. The lowest BCUT2D eigenvalue weighted by Crippen LogP contribution is -2.21. The Balaban J connectivity index is 1.88. The van der Waals surface area contributed by atoms with Crippen molar-refractivity contribution in [1.82, 2.24) is 24.5 Å². The second-order valence-corrected chi connectivity index (χ2v) is 8.44. The van der Waals surface area contributed by atoms with Crippen LogP contribution in [0, 0.1) is 19.3 Å². The third-order valence-electron chi connectivity index (χ3n) is 4.35. The maximum Gasteiger partial charge on any atom is 0.451 e. The number of fused-ring (bicyclic) bond motifs is 1. The molecule has 3 aromatic rings. The van der Waals surface area contributed by atoms with Gasteiger partial charge < -0.3 is 9.88 Å². The van der Waals surface area contributed by atoms with Gasteiger partial charge in [0, 0.05) is 30.1 Å². The van der Waals surface area contributed by atoms with Crippen molar-refractivity contribution in [2.45, 2.75) is 53.8 Å². The van der Waals surface area contributed by atoms with Gasteiger partial charge in [0.2, 0.25) is 11.7 Å². The standard InChI is InChI=1S/C20H23F3N6O/c1-11-6-14-17(26-12(2)16(27-14)28-15(30)7-19(3,4)5)29(11)10-13-8-24-18(25-9-13)20(21,22)23/h6,8-9H,7,10H2,1-5H3,(H,27,28,30). The number of nitrogens with one attached hydrogen (secondary N) is 1. The molecule has 3 aromatic heterocycles. The molecule has 7 nitrogen and oxygen atoms in total. The summed E-state index contributed by atoms with van der Waals surface area (Å²) < 4.78 is 39.8. The molecule has 0 radical (unpaired) electrons. The first-order chi connectivity index (χ1) is 13.8. The highest BCUT2D eigenvalue weighted by molar-refractivity contribution is 5.91. The summed E-state index contributed by atoms with van der Waals surface area (Å²) in [6, 6.07) is 1.81. The highest BCUT2D eigenvalue weighted by atomic mass is 19.4. The number of aryl methyl sites for hydroxylation is 2. The lowest BCUT2D eigenvalue weighted by molar-refractivity contribution is -0.145. The second kappa shape index (κ2) is 7.66. The van der Waals surface area contributed by atoms with Crippen molar-refractivity contribution < 1.29 is 18.0 Å². The van der Waals surface area contributed by atoms with Gasteiger partial charge in [-0.3, -0.25) is 4.79 Å². The van der Waals surface area contributed by atoms with Crippen LogP contribution in [-0.2, 0) is 17.5 Å². The molecule has 0 unspecified atom stereocenters. The van der Waals surface area contributed by atoms with E-state index >= 15 is 0 Å². The number of hydrogen-bond donors (Lipinski definition) is 1. The number of aromatic nitrogens is 5. The maximum absolute atomic E-state index is 12.7. The van der Waals surface area contributed by atoms with E-state index in [1.165, 1.54) is 0 Å². The predicted octanol–water partition coefficient (Wildman–Crippen LogP) is 4.28. The smallest absolute Gasteiger partial charge is 0.324 e. The molecule has 0 saturated heterocycles. The van der Waals surface area contributed by atoms with Gasteiger partial charge in [0.1, 0.15) is 5.52 Å². The molecule has 1 amide bonds. The quantitative estimate of drug-likeness (QED) is 0.681. The van der Waals surface area contributed by atoms with Crippen LogP contribution in [0.4, 0.5) is 19.0 Å². The van der Waals surface area contributed by atoms with Gasteiger partial charge in [-0.15, -0.1) is 0 Å². The first kappa shape index (κ1) is 21.7. The van der Waals surface area contributed by atoms with E-state index in [0.717, 1.165) is 18.1 Å². The minimum atomic E-state index is -4.58. The van der Waals surface area contributed by atoms with E-state index in [2.05, 4.69) is 25.3 Å². The molecule has 0 spiro atoms. The molecule has 0 fully saturated rings. The van der Waals surface area contributed by atoms with Crippen molar-refractivity contribution in [3.8, 4) is 0 Å². The van der Waals surface area contributed by atoms with Gasteiger partial charge in [-0.05, 0) is 25.3 Å². The van der Waals surface area contributed by atoms with Crippen molar-refractivity contribution in [2.24, 2.45) is 5.41 Å². The Morgan fingerprint density at radius 1 is 1.10 bits per heavy atom. The van der Waals surface area contributed by atoms with E-state index in [9.17, 15) is 18.0 Å². The molecule has 0 atom stereocenters. The van der Waals surface area contributed by atoms with Crippen LogP contribution in [0.5, 0.6) is 0 Å². The molecule has 0 saturated carbocycles. The monoisotopic (exact) mass is 420 g/mol. The minimum absolute atomic E-state index is 0.141. The van der Waals surface area contributed by atoms with Crippen LogP contribution >= 0.6 is 0 Å². The molecule has 3 rings (SSSR count). The Morgan fingerprint density at radius 3 is 2.30 bits per heavy atom. The van der Waals surface area contributed by atoms with Gasteiger partial charge in [0.25, 0.3) is 0 Å². The Labute approximate surface area is 171 Å². The van der Waals surface area contributed by atoms with Crippen molar-refractivity contribution in [3.05, 3.63) is 41.2 Å². The van der Waals surface area contributed by atoms with Gasteiger partial charge >= 0.3 is 6.18 Å². The number of amides is 1. The molecule has 0 bridgehead atoms. The van der Waals surface area contributed by atoms with E-state index < -0.39 is 12.0 Å². The van der Waals surface area contributed by atoms with E-state index in [1.807, 2.05) is 38.3 Å². The largest absolute Gasteiger partial charge is 0.451 e. The number of carbonyl (C=O) groups is 1. The average Bonchev–Trinajstić information content (AvgIpc) is 2.88. The van der Waals surface area contributed by atoms with Crippen molar-refractivity contribution in [3.63, 3.8) is 0 Å². The predicted molar refractivity (Wildman–Crippen MR) is 106 cm³/mol. The fraction of sp³-hybridized carbons (Fsp3) is 0.450. The number of alkyl halides is 3. The van der Waals surface area contributed by atoms with Gasteiger partial charge in [-0.25, -0.2) is 19.9 Å². The Hall–Kier alpha value is -3.04. The number of carbonyl (C=O) groups excluding carboxylic acids is 1. The summed E-state index contributed by atoms with van der Waals surface area (Å²) in [7, 11) is 0. The molecule has 1 N–H and O–H groups in total. The van der Waals surface area contributed by atoms with Crippen LogP contribution in [0.25, 0.3) is 11.2 Å². The topological polar surface area (TPSA) is 85.6 Å². The normalized spacial score (nSPS) is 12.4. The van der Waals surface area contributed by atoms with Crippen LogP contribution in [0.2, 0.25) is 0 Å². The van der Waals surface area contributed by atoms with Crippen LogP contribution in [0.15, 0.2) is 18.5 Å². The first-order valence-electron chi connectivity index (χ1n) is 9.36. The molecule has 160 valence electrons. The SMILES string of the molecule is Cc1nc2c(cc(C)n2Cc2cnc(C(F)(F)F)nc2)nc1NC(=O)CC(C)(C)C. The molecule has 10 heteroatoms. The fourth-order valence-electron chi connectivity index (χ4n) is 3.00. The molecule has 0 aliphatic heterocycles. The number of halogens is 3. The molecule has 3 heterocycles. The van der Waals surface area contributed by atoms with E-state index in [1.54, 1.807) is 6.92 Å². The summed E-state index contributed by atoms with van der Waals surface area (Å²) in [6.07, 6.45) is -1.92. The Morgan fingerprint density at radius 2 is 1.73 bits per heavy atom. The summed E-state index contributed by atoms with van der Waals surface area (Å²) in [4.78, 5) is 28.1. The number of nitrogens with zero attached hydrogens (tertiary/aromatic N) is 5. The summed E-state index contributed by atoms with van der Waals surface area (Å²) >= 11 is 0. The summed E-state index contributed by atoms with van der Waals surface area (Å²) in [5, 5.41) is 2.81. The third kappa shape index (κ3) is 4.92. The minimum Gasteiger partial charge on any atom is -0.324 e. The zero-order valence-corrected chi connectivity index (χ0v) is 17.4. The summed E-state index contributed by atoms with van der Waals surface area (Å²) in [5.74, 6) is -0.921. The second-order valence-electron chi connectivity index (χ2n) is 8.44.